The summed E-state index contributed by atoms with van der Waals surface area (Å²) in [6, 6.07) is 6.57. The van der Waals surface area contributed by atoms with E-state index in [1.54, 1.807) is 12.1 Å². The molecule has 6 heteroatoms. The van der Waals surface area contributed by atoms with Crippen molar-refractivity contribution < 1.29 is 4.92 Å². The Hall–Kier alpha value is -1.62. The summed E-state index contributed by atoms with van der Waals surface area (Å²) in [7, 11) is 0. The highest BCUT2D eigenvalue weighted by Crippen LogP contribution is 2.12. The highest BCUT2D eigenvalue weighted by Gasteiger charge is 2.08. The van der Waals surface area contributed by atoms with Crippen LogP contribution < -0.4 is 5.32 Å². The van der Waals surface area contributed by atoms with E-state index < -0.39 is 4.92 Å². The first-order chi connectivity index (χ1) is 7.25. The van der Waals surface area contributed by atoms with Gasteiger partial charge in [-0.1, -0.05) is 12.1 Å². The minimum Gasteiger partial charge on any atom is -0.372 e. The van der Waals surface area contributed by atoms with Gasteiger partial charge in [-0.25, -0.2) is 0 Å². The third-order valence-corrected chi connectivity index (χ3v) is 2.26. The fraction of sp³-hybridized carbons (Fsp3) is 0.300. The van der Waals surface area contributed by atoms with Gasteiger partial charge < -0.3 is 5.32 Å². The number of halogens is 1. The Labute approximate surface area is 99.1 Å². The third kappa shape index (κ3) is 2.93. The fourth-order valence-electron chi connectivity index (χ4n) is 1.49. The Morgan fingerprint density at radius 3 is 2.56 bits per heavy atom. The molecule has 1 heterocycles. The van der Waals surface area contributed by atoms with Crippen molar-refractivity contribution in [2.75, 3.05) is 13.1 Å². The van der Waals surface area contributed by atoms with E-state index in [1.807, 2.05) is 0 Å². The largest absolute Gasteiger partial charge is 0.372 e. The Bertz CT molecular complexity index is 403. The molecular formula is C10H12ClN3O2. The lowest BCUT2D eigenvalue weighted by Crippen LogP contribution is -2.20. The fourth-order valence-corrected chi connectivity index (χ4v) is 1.49. The summed E-state index contributed by atoms with van der Waals surface area (Å²) < 4.78 is 0. The molecule has 5 nitrogen and oxygen atoms in total. The van der Waals surface area contributed by atoms with Crippen LogP contribution in [0.2, 0.25) is 0 Å². The molecule has 0 fully saturated rings. The minimum absolute atomic E-state index is 0. The number of benzene rings is 1. The highest BCUT2D eigenvalue weighted by atomic mass is 35.5. The molecule has 0 radical (unpaired) electrons. The summed E-state index contributed by atoms with van der Waals surface area (Å²) in [4.78, 5) is 14.3. The number of amidine groups is 1. The quantitative estimate of drug-likeness (QED) is 0.645. The van der Waals surface area contributed by atoms with Gasteiger partial charge in [0.2, 0.25) is 0 Å². The summed E-state index contributed by atoms with van der Waals surface area (Å²) >= 11 is 0. The molecule has 0 spiro atoms. The lowest BCUT2D eigenvalue weighted by molar-refractivity contribution is -0.384. The molecule has 0 saturated carbocycles. The summed E-state index contributed by atoms with van der Waals surface area (Å²) in [5, 5.41) is 13.6. The number of non-ortho nitro benzene ring substituents is 1. The number of nitro benzene ring substituents is 1. The van der Waals surface area contributed by atoms with Crippen LogP contribution in [0.5, 0.6) is 0 Å². The van der Waals surface area contributed by atoms with Gasteiger partial charge in [-0.05, 0) is 5.56 Å². The lowest BCUT2D eigenvalue weighted by Gasteiger charge is -2.01. The lowest BCUT2D eigenvalue weighted by atomic mass is 10.1. The first-order valence-electron chi connectivity index (χ1n) is 4.76. The number of aliphatic imine (C=N–C) groups is 1. The Morgan fingerprint density at radius 2 is 2.06 bits per heavy atom. The summed E-state index contributed by atoms with van der Waals surface area (Å²) in [6.45, 7) is 1.71. The van der Waals surface area contributed by atoms with Crippen molar-refractivity contribution in [3.05, 3.63) is 39.9 Å². The summed E-state index contributed by atoms with van der Waals surface area (Å²) in [6.07, 6.45) is 0.720. The van der Waals surface area contributed by atoms with Crippen LogP contribution in [0, 0.1) is 10.1 Å². The first kappa shape index (κ1) is 12.4. The van der Waals surface area contributed by atoms with Gasteiger partial charge in [0.25, 0.3) is 5.69 Å². The normalized spacial score (nSPS) is 13.6. The van der Waals surface area contributed by atoms with Gasteiger partial charge in [0, 0.05) is 25.1 Å². The maximum Gasteiger partial charge on any atom is 0.269 e. The van der Waals surface area contributed by atoms with Crippen LogP contribution in [0.3, 0.4) is 0 Å². The molecular weight excluding hydrogens is 230 g/mol. The smallest absolute Gasteiger partial charge is 0.269 e. The van der Waals surface area contributed by atoms with Crippen LogP contribution in [0.25, 0.3) is 0 Å². The van der Waals surface area contributed by atoms with Crippen LogP contribution >= 0.6 is 12.4 Å². The maximum atomic E-state index is 10.4. The monoisotopic (exact) mass is 241 g/mol. The molecule has 86 valence electrons. The molecule has 0 atom stereocenters. The summed E-state index contributed by atoms with van der Waals surface area (Å²) in [5.41, 5.74) is 1.16. The molecule has 16 heavy (non-hydrogen) atoms. The SMILES string of the molecule is Cl.O=[N+]([O-])c1ccc(CC2=NCCN2)cc1. The Morgan fingerprint density at radius 1 is 1.38 bits per heavy atom. The van der Waals surface area contributed by atoms with Crippen LogP contribution in [-0.2, 0) is 6.42 Å². The molecule has 1 aliphatic rings. The maximum absolute atomic E-state index is 10.4. The van der Waals surface area contributed by atoms with Gasteiger partial charge in [-0.3, -0.25) is 15.1 Å². The zero-order valence-electron chi connectivity index (χ0n) is 8.55. The molecule has 0 bridgehead atoms. The van der Waals surface area contributed by atoms with Crippen molar-refractivity contribution in [3.63, 3.8) is 0 Å². The van der Waals surface area contributed by atoms with E-state index in [1.165, 1.54) is 12.1 Å². The van der Waals surface area contributed by atoms with Crippen LogP contribution in [0.4, 0.5) is 5.69 Å². The molecule has 0 unspecified atom stereocenters. The van der Waals surface area contributed by atoms with E-state index in [4.69, 9.17) is 0 Å². The second kappa shape index (κ2) is 5.46. The second-order valence-electron chi connectivity index (χ2n) is 3.36. The van der Waals surface area contributed by atoms with Gasteiger partial charge in [-0.15, -0.1) is 12.4 Å². The minimum atomic E-state index is -0.394. The third-order valence-electron chi connectivity index (χ3n) is 2.26. The van der Waals surface area contributed by atoms with E-state index in [2.05, 4.69) is 10.3 Å². The van der Waals surface area contributed by atoms with Gasteiger partial charge in [-0.2, -0.15) is 0 Å². The molecule has 0 saturated heterocycles. The molecule has 2 rings (SSSR count). The van der Waals surface area contributed by atoms with Crippen LogP contribution in [0.15, 0.2) is 29.3 Å². The summed E-state index contributed by atoms with van der Waals surface area (Å²) in [5.74, 6) is 0.962. The topological polar surface area (TPSA) is 67.5 Å². The van der Waals surface area contributed by atoms with Gasteiger partial charge in [0.05, 0.1) is 11.5 Å². The van der Waals surface area contributed by atoms with E-state index in [-0.39, 0.29) is 18.1 Å². The number of hydrogen-bond donors (Lipinski definition) is 1. The predicted octanol–water partition coefficient (Wildman–Crippen LogP) is 1.56. The van der Waals surface area contributed by atoms with Crippen molar-refractivity contribution in [1.82, 2.24) is 5.32 Å². The van der Waals surface area contributed by atoms with Crippen molar-refractivity contribution in [2.24, 2.45) is 4.99 Å². The number of rotatable bonds is 3. The first-order valence-corrected chi connectivity index (χ1v) is 4.76. The zero-order chi connectivity index (χ0) is 10.7. The molecule has 1 aromatic carbocycles. The molecule has 0 aliphatic carbocycles. The van der Waals surface area contributed by atoms with E-state index >= 15 is 0 Å². The molecule has 1 N–H and O–H groups in total. The number of nitrogens with one attached hydrogen (secondary N) is 1. The standard InChI is InChI=1S/C10H11N3O2.ClH/c14-13(15)9-3-1-8(2-4-9)7-10-11-5-6-12-10;/h1-4H,5-7H2,(H,11,12);1H. The molecule has 0 amide bonds. The molecule has 1 aliphatic heterocycles. The van der Waals surface area contributed by atoms with Crippen molar-refractivity contribution in [3.8, 4) is 0 Å². The highest BCUT2D eigenvalue weighted by molar-refractivity contribution is 5.85. The van der Waals surface area contributed by atoms with Crippen molar-refractivity contribution in [1.29, 1.82) is 0 Å². The van der Waals surface area contributed by atoms with Crippen LogP contribution in [-0.4, -0.2) is 23.8 Å². The average Bonchev–Trinajstić information content (AvgIpc) is 2.71. The molecule has 0 aromatic heterocycles. The van der Waals surface area contributed by atoms with Crippen molar-refractivity contribution in [2.45, 2.75) is 6.42 Å². The number of hydrogen-bond acceptors (Lipinski definition) is 4. The number of nitro groups is 1. The van der Waals surface area contributed by atoms with Crippen LogP contribution in [0.1, 0.15) is 5.56 Å². The molecule has 1 aromatic rings. The van der Waals surface area contributed by atoms with Gasteiger partial charge >= 0.3 is 0 Å². The Kier molecular flexibility index (Phi) is 4.25. The zero-order valence-corrected chi connectivity index (χ0v) is 9.37. The van der Waals surface area contributed by atoms with E-state index in [0.717, 1.165) is 30.9 Å². The van der Waals surface area contributed by atoms with E-state index in [0.29, 0.717) is 0 Å². The van der Waals surface area contributed by atoms with E-state index in [9.17, 15) is 10.1 Å². The van der Waals surface area contributed by atoms with Gasteiger partial charge in [0.1, 0.15) is 5.84 Å². The predicted molar refractivity (Wildman–Crippen MR) is 64.4 cm³/mol. The number of nitrogens with zero attached hydrogens (tertiary/aromatic N) is 2. The second-order valence-corrected chi connectivity index (χ2v) is 3.36. The van der Waals surface area contributed by atoms with Gasteiger partial charge in [0.15, 0.2) is 0 Å². The average molecular weight is 242 g/mol. The van der Waals surface area contributed by atoms with Crippen molar-refractivity contribution >= 4 is 23.9 Å². The Balaban J connectivity index is 0.00000128.